The van der Waals surface area contributed by atoms with Crippen molar-refractivity contribution in [2.24, 2.45) is 0 Å². The molecule has 1 amide bonds. The number of anilines is 1. The number of nitrogens with zero attached hydrogens (tertiary/aromatic N) is 2. The molecule has 0 aliphatic heterocycles. The number of non-ortho nitro benzene ring substituents is 1. The molecule has 3 aromatic carbocycles. The molecular formula is C23H16N4O3S. The quantitative estimate of drug-likeness (QED) is 0.272. The first kappa shape index (κ1) is 20.1. The zero-order chi connectivity index (χ0) is 21.8. The third kappa shape index (κ3) is 4.54. The van der Waals surface area contributed by atoms with E-state index in [9.17, 15) is 14.9 Å². The smallest absolute Gasteiger partial charge is 0.269 e. The van der Waals surface area contributed by atoms with Gasteiger partial charge in [-0.1, -0.05) is 48.5 Å². The predicted molar refractivity (Wildman–Crippen MR) is 124 cm³/mol. The number of hydrogen-bond acceptors (Lipinski definition) is 5. The second-order valence-corrected chi connectivity index (χ2v) is 7.06. The first-order valence-corrected chi connectivity index (χ1v) is 9.74. The minimum atomic E-state index is -0.483. The summed E-state index contributed by atoms with van der Waals surface area (Å²) in [6.07, 6.45) is 0. The number of rotatable bonds is 4. The van der Waals surface area contributed by atoms with Crippen LogP contribution in [0.5, 0.6) is 0 Å². The van der Waals surface area contributed by atoms with Crippen molar-refractivity contribution in [3.05, 3.63) is 101 Å². The van der Waals surface area contributed by atoms with Crippen molar-refractivity contribution in [3.8, 4) is 11.3 Å². The van der Waals surface area contributed by atoms with Gasteiger partial charge in [-0.3, -0.25) is 20.2 Å². The highest BCUT2D eigenvalue weighted by atomic mass is 32.1. The molecule has 0 saturated heterocycles. The number of aromatic nitrogens is 1. The van der Waals surface area contributed by atoms with Crippen molar-refractivity contribution in [1.29, 1.82) is 0 Å². The monoisotopic (exact) mass is 428 g/mol. The van der Waals surface area contributed by atoms with Gasteiger partial charge in [-0.15, -0.1) is 0 Å². The van der Waals surface area contributed by atoms with Crippen LogP contribution in [0.3, 0.4) is 0 Å². The van der Waals surface area contributed by atoms with Crippen LogP contribution in [0.15, 0.2) is 84.9 Å². The van der Waals surface area contributed by atoms with Crippen molar-refractivity contribution in [3.63, 3.8) is 0 Å². The molecule has 31 heavy (non-hydrogen) atoms. The average Bonchev–Trinajstić information content (AvgIpc) is 2.79. The standard InChI is InChI=1S/C23H16N4O3S/c28-22(26-23(31)24-16-10-12-17(13-11-16)27(29)30)19-14-21(15-6-2-1-3-7-15)25-20-9-5-4-8-18(19)20/h1-14H,(H2,24,26,28,31). The summed E-state index contributed by atoms with van der Waals surface area (Å²) in [5.41, 5.74) is 3.21. The van der Waals surface area contributed by atoms with E-state index in [0.717, 1.165) is 5.56 Å². The summed E-state index contributed by atoms with van der Waals surface area (Å²) in [7, 11) is 0. The third-order valence-corrected chi connectivity index (χ3v) is 4.80. The molecular weight excluding hydrogens is 412 g/mol. The Morgan fingerprint density at radius 2 is 1.61 bits per heavy atom. The zero-order valence-electron chi connectivity index (χ0n) is 16.1. The van der Waals surface area contributed by atoms with Crippen molar-refractivity contribution in [1.82, 2.24) is 10.3 Å². The fourth-order valence-electron chi connectivity index (χ4n) is 3.12. The fraction of sp³-hybridized carbons (Fsp3) is 0. The topological polar surface area (TPSA) is 97.2 Å². The number of benzene rings is 3. The number of carbonyl (C=O) groups is 1. The maximum atomic E-state index is 13.0. The molecule has 0 bridgehead atoms. The molecule has 1 heterocycles. The van der Waals surface area contributed by atoms with E-state index in [1.54, 1.807) is 6.07 Å². The maximum Gasteiger partial charge on any atom is 0.269 e. The van der Waals surface area contributed by atoms with Gasteiger partial charge in [0.2, 0.25) is 0 Å². The van der Waals surface area contributed by atoms with Crippen LogP contribution in [0.1, 0.15) is 10.4 Å². The van der Waals surface area contributed by atoms with Gasteiger partial charge >= 0.3 is 0 Å². The molecule has 4 aromatic rings. The van der Waals surface area contributed by atoms with E-state index >= 15 is 0 Å². The number of nitro groups is 1. The van der Waals surface area contributed by atoms with Crippen molar-refractivity contribution in [2.45, 2.75) is 0 Å². The largest absolute Gasteiger partial charge is 0.332 e. The summed E-state index contributed by atoms with van der Waals surface area (Å²) in [5, 5.41) is 17.1. The van der Waals surface area contributed by atoms with Crippen molar-refractivity contribution < 1.29 is 9.72 Å². The fourth-order valence-corrected chi connectivity index (χ4v) is 3.33. The number of carbonyl (C=O) groups excluding carboxylic acids is 1. The lowest BCUT2D eigenvalue weighted by molar-refractivity contribution is -0.384. The number of hydrogen-bond donors (Lipinski definition) is 2. The van der Waals surface area contributed by atoms with Crippen LogP contribution in [0.2, 0.25) is 0 Å². The lowest BCUT2D eigenvalue weighted by Gasteiger charge is -2.12. The lowest BCUT2D eigenvalue weighted by Crippen LogP contribution is -2.34. The van der Waals surface area contributed by atoms with Crippen LogP contribution in [0.4, 0.5) is 11.4 Å². The highest BCUT2D eigenvalue weighted by Gasteiger charge is 2.15. The molecule has 1 aromatic heterocycles. The van der Waals surface area contributed by atoms with E-state index in [-0.39, 0.29) is 16.7 Å². The van der Waals surface area contributed by atoms with Gasteiger partial charge in [-0.25, -0.2) is 4.98 Å². The van der Waals surface area contributed by atoms with Crippen LogP contribution < -0.4 is 10.6 Å². The summed E-state index contributed by atoms with van der Waals surface area (Å²) in [4.78, 5) is 28.0. The van der Waals surface area contributed by atoms with E-state index in [4.69, 9.17) is 12.2 Å². The van der Waals surface area contributed by atoms with Gasteiger partial charge in [-0.2, -0.15) is 0 Å². The molecule has 7 nitrogen and oxygen atoms in total. The van der Waals surface area contributed by atoms with Crippen LogP contribution in [0.25, 0.3) is 22.2 Å². The van der Waals surface area contributed by atoms with E-state index in [0.29, 0.717) is 27.8 Å². The molecule has 2 N–H and O–H groups in total. The van der Waals surface area contributed by atoms with Crippen molar-refractivity contribution >= 4 is 45.5 Å². The lowest BCUT2D eigenvalue weighted by atomic mass is 10.0. The van der Waals surface area contributed by atoms with Gasteiger partial charge in [-0.05, 0) is 36.5 Å². The van der Waals surface area contributed by atoms with Crippen LogP contribution in [-0.2, 0) is 0 Å². The summed E-state index contributed by atoms with van der Waals surface area (Å²) < 4.78 is 0. The molecule has 0 fully saturated rings. The molecule has 0 spiro atoms. The third-order valence-electron chi connectivity index (χ3n) is 4.59. The zero-order valence-corrected chi connectivity index (χ0v) is 16.9. The van der Waals surface area contributed by atoms with Gasteiger partial charge in [0.05, 0.1) is 21.7 Å². The Bertz CT molecular complexity index is 1290. The number of fused-ring (bicyclic) bond motifs is 1. The number of para-hydroxylation sites is 1. The summed E-state index contributed by atoms with van der Waals surface area (Å²) in [6, 6.07) is 24.5. The number of pyridine rings is 1. The van der Waals surface area contributed by atoms with Gasteiger partial charge in [0, 0.05) is 28.8 Å². The Labute approximate surface area is 182 Å². The minimum absolute atomic E-state index is 0.0304. The molecule has 0 radical (unpaired) electrons. The number of nitrogens with one attached hydrogen (secondary N) is 2. The number of thiocarbonyl (C=S) groups is 1. The predicted octanol–water partition coefficient (Wildman–Crippen LogP) is 4.94. The molecule has 0 atom stereocenters. The Hall–Kier alpha value is -4.17. The Balaban J connectivity index is 1.59. The maximum absolute atomic E-state index is 13.0. The van der Waals surface area contributed by atoms with Crippen LogP contribution in [0, 0.1) is 10.1 Å². The average molecular weight is 428 g/mol. The Kier molecular flexibility index (Phi) is 5.63. The SMILES string of the molecule is O=C(NC(=S)Nc1ccc([N+](=O)[O-])cc1)c1cc(-c2ccccc2)nc2ccccc12. The molecule has 4 rings (SSSR count). The molecule has 152 valence electrons. The summed E-state index contributed by atoms with van der Waals surface area (Å²) >= 11 is 5.25. The van der Waals surface area contributed by atoms with Crippen LogP contribution in [-0.4, -0.2) is 20.9 Å². The van der Waals surface area contributed by atoms with Gasteiger partial charge in [0.1, 0.15) is 0 Å². The summed E-state index contributed by atoms with van der Waals surface area (Å²) in [5.74, 6) is -0.379. The normalized spacial score (nSPS) is 10.5. The van der Waals surface area contributed by atoms with E-state index in [1.807, 2.05) is 54.6 Å². The Morgan fingerprint density at radius 3 is 2.32 bits per heavy atom. The second-order valence-electron chi connectivity index (χ2n) is 6.65. The number of nitro benzene ring substituents is 1. The molecule has 8 heteroatoms. The van der Waals surface area contributed by atoms with E-state index in [2.05, 4.69) is 15.6 Å². The molecule has 0 aliphatic carbocycles. The number of amides is 1. The first-order valence-electron chi connectivity index (χ1n) is 9.33. The Morgan fingerprint density at radius 1 is 0.935 bits per heavy atom. The van der Waals surface area contributed by atoms with Crippen LogP contribution >= 0.6 is 12.2 Å². The highest BCUT2D eigenvalue weighted by Crippen LogP contribution is 2.25. The second kappa shape index (κ2) is 8.68. The first-order chi connectivity index (χ1) is 15.0. The molecule has 0 aliphatic rings. The van der Waals surface area contributed by atoms with E-state index < -0.39 is 4.92 Å². The van der Waals surface area contributed by atoms with E-state index in [1.165, 1.54) is 24.3 Å². The van der Waals surface area contributed by atoms with Crippen molar-refractivity contribution in [2.75, 3.05) is 5.32 Å². The summed E-state index contributed by atoms with van der Waals surface area (Å²) in [6.45, 7) is 0. The van der Waals surface area contributed by atoms with Gasteiger partial charge < -0.3 is 5.32 Å². The highest BCUT2D eigenvalue weighted by molar-refractivity contribution is 7.80. The molecule has 0 saturated carbocycles. The van der Waals surface area contributed by atoms with Gasteiger partial charge in [0.15, 0.2) is 5.11 Å². The minimum Gasteiger partial charge on any atom is -0.332 e. The van der Waals surface area contributed by atoms with Gasteiger partial charge in [0.25, 0.3) is 11.6 Å². The molecule has 0 unspecified atom stereocenters.